The first kappa shape index (κ1) is 28.1. The van der Waals surface area contributed by atoms with Gasteiger partial charge in [0.15, 0.2) is 0 Å². The van der Waals surface area contributed by atoms with Crippen LogP contribution < -0.4 is 4.90 Å². The fourth-order valence-corrected chi connectivity index (χ4v) is 7.63. The lowest BCUT2D eigenvalue weighted by Gasteiger charge is -2.40. The van der Waals surface area contributed by atoms with Crippen LogP contribution in [0.15, 0.2) is 30.9 Å². The van der Waals surface area contributed by atoms with Crippen LogP contribution in [-0.4, -0.2) is 76.2 Å². The monoisotopic (exact) mass is 596 g/mol. The van der Waals surface area contributed by atoms with E-state index in [9.17, 15) is 19.5 Å². The van der Waals surface area contributed by atoms with E-state index in [1.807, 2.05) is 26.8 Å². The van der Waals surface area contributed by atoms with Crippen LogP contribution in [0.5, 0.6) is 0 Å². The molecule has 3 aliphatic heterocycles. The molecule has 0 aliphatic carbocycles. The summed E-state index contributed by atoms with van der Waals surface area (Å²) in [6, 6.07) is 3.64. The third-order valence-corrected chi connectivity index (χ3v) is 9.02. The van der Waals surface area contributed by atoms with Crippen LogP contribution in [0.3, 0.4) is 0 Å². The number of benzene rings is 1. The number of likely N-dealkylation sites (tertiary alicyclic amines) is 1. The fourth-order valence-electron chi connectivity index (χ4n) is 6.37. The summed E-state index contributed by atoms with van der Waals surface area (Å²) in [5.74, 6) is -3.19. The number of anilines is 1. The average molecular weight is 598 g/mol. The Morgan fingerprint density at radius 3 is 2.70 bits per heavy atom. The Labute approximate surface area is 231 Å². The normalized spacial score (nSPS) is 31.0. The number of aliphatic hydroxyl groups excluding tert-OH is 1. The standard InChI is InChI=1S/C27H34BrClN2O6/c1-6-11-30(21-15(5)9-8-10-17(21)29)25(34)23-27-12-16(28)22(37-27)19(26(35)36-7-2)20(27)24(33)31(23)18(13-32)14(3)4/h6,8-10,14,16,18-20,22-23,32H,1,7,11-13H2,2-5H3/t16?,18-,19+,20-,22+,23?,27?/m0/s1. The van der Waals surface area contributed by atoms with Crippen LogP contribution in [0.1, 0.15) is 32.8 Å². The molecule has 4 rings (SSSR count). The van der Waals surface area contributed by atoms with Crippen LogP contribution in [0, 0.1) is 24.7 Å². The minimum atomic E-state index is -1.26. The van der Waals surface area contributed by atoms with Gasteiger partial charge in [0.25, 0.3) is 5.91 Å². The Balaban J connectivity index is 1.89. The molecule has 3 fully saturated rings. The van der Waals surface area contributed by atoms with E-state index in [2.05, 4.69) is 22.5 Å². The Morgan fingerprint density at radius 2 is 2.14 bits per heavy atom. The van der Waals surface area contributed by atoms with Crippen molar-refractivity contribution in [2.45, 2.75) is 62.7 Å². The molecule has 1 N–H and O–H groups in total. The van der Waals surface area contributed by atoms with Gasteiger partial charge in [0.2, 0.25) is 5.91 Å². The van der Waals surface area contributed by atoms with Gasteiger partial charge in [-0.25, -0.2) is 0 Å². The summed E-state index contributed by atoms with van der Waals surface area (Å²) in [4.78, 5) is 44.6. The zero-order valence-electron chi connectivity index (χ0n) is 21.5. The molecule has 10 heteroatoms. The number of carbonyl (C=O) groups is 3. The highest BCUT2D eigenvalue weighted by atomic mass is 79.9. The quantitative estimate of drug-likeness (QED) is 0.266. The number of amides is 2. The van der Waals surface area contributed by atoms with Gasteiger partial charge in [-0.3, -0.25) is 14.4 Å². The molecule has 2 amide bonds. The van der Waals surface area contributed by atoms with Crippen molar-refractivity contribution in [1.82, 2.24) is 4.90 Å². The number of halogens is 2. The number of fused-ring (bicyclic) bond motifs is 1. The molecule has 0 saturated carbocycles. The molecule has 202 valence electrons. The van der Waals surface area contributed by atoms with E-state index in [0.29, 0.717) is 17.1 Å². The van der Waals surface area contributed by atoms with E-state index in [1.54, 1.807) is 25.1 Å². The molecule has 8 nitrogen and oxygen atoms in total. The lowest BCUT2D eigenvalue weighted by Crippen LogP contribution is -2.60. The summed E-state index contributed by atoms with van der Waals surface area (Å²) >= 11 is 10.2. The number of nitrogens with zero attached hydrogens (tertiary/aromatic N) is 2. The number of alkyl halides is 1. The number of aliphatic hydroxyl groups is 1. The van der Waals surface area contributed by atoms with E-state index in [0.717, 1.165) is 5.56 Å². The summed E-state index contributed by atoms with van der Waals surface area (Å²) in [5.41, 5.74) is 0.0484. The molecule has 1 spiro atoms. The zero-order valence-corrected chi connectivity index (χ0v) is 23.9. The van der Waals surface area contributed by atoms with Crippen LogP contribution in [-0.2, 0) is 23.9 Å². The van der Waals surface area contributed by atoms with Crippen LogP contribution in [0.4, 0.5) is 5.69 Å². The number of para-hydroxylation sites is 1. The number of carbonyl (C=O) groups excluding carboxylic acids is 3. The van der Waals surface area contributed by atoms with E-state index in [4.69, 9.17) is 21.1 Å². The first-order valence-electron chi connectivity index (χ1n) is 12.6. The van der Waals surface area contributed by atoms with Gasteiger partial charge in [-0.2, -0.15) is 0 Å². The molecular formula is C27H34BrClN2O6. The van der Waals surface area contributed by atoms with Crippen molar-refractivity contribution in [1.29, 1.82) is 0 Å². The maximum Gasteiger partial charge on any atom is 0.312 e. The molecule has 37 heavy (non-hydrogen) atoms. The maximum absolute atomic E-state index is 14.6. The lowest BCUT2D eigenvalue weighted by atomic mass is 9.70. The van der Waals surface area contributed by atoms with Crippen molar-refractivity contribution in [2.24, 2.45) is 17.8 Å². The van der Waals surface area contributed by atoms with E-state index in [1.165, 1.54) is 9.80 Å². The minimum absolute atomic E-state index is 0.149. The van der Waals surface area contributed by atoms with Crippen LogP contribution in [0.2, 0.25) is 5.02 Å². The van der Waals surface area contributed by atoms with Crippen LogP contribution >= 0.6 is 27.5 Å². The predicted molar refractivity (Wildman–Crippen MR) is 144 cm³/mol. The number of hydrogen-bond donors (Lipinski definition) is 1. The van der Waals surface area contributed by atoms with E-state index < -0.39 is 47.5 Å². The van der Waals surface area contributed by atoms with Gasteiger partial charge < -0.3 is 24.4 Å². The first-order chi connectivity index (χ1) is 17.5. The number of ether oxygens (including phenoxy) is 2. The van der Waals surface area contributed by atoms with Gasteiger partial charge in [-0.15, -0.1) is 6.58 Å². The number of hydrogen-bond acceptors (Lipinski definition) is 6. The smallest absolute Gasteiger partial charge is 0.312 e. The molecule has 0 radical (unpaired) electrons. The highest BCUT2D eigenvalue weighted by Gasteiger charge is 2.77. The van der Waals surface area contributed by atoms with E-state index in [-0.39, 0.29) is 36.4 Å². The Morgan fingerprint density at radius 1 is 1.43 bits per heavy atom. The maximum atomic E-state index is 14.6. The fraction of sp³-hybridized carbons (Fsp3) is 0.593. The predicted octanol–water partition coefficient (Wildman–Crippen LogP) is 3.50. The molecule has 3 aliphatic rings. The third-order valence-electron chi connectivity index (χ3n) is 7.87. The Kier molecular flexibility index (Phi) is 8.10. The molecule has 2 bridgehead atoms. The van der Waals surface area contributed by atoms with Gasteiger partial charge in [-0.1, -0.05) is 59.6 Å². The van der Waals surface area contributed by atoms with E-state index >= 15 is 0 Å². The summed E-state index contributed by atoms with van der Waals surface area (Å²) < 4.78 is 11.9. The molecule has 1 aromatic carbocycles. The van der Waals surface area contributed by atoms with Crippen molar-refractivity contribution in [3.8, 4) is 0 Å². The second-order valence-electron chi connectivity index (χ2n) is 10.3. The third kappa shape index (κ3) is 4.32. The average Bonchev–Trinajstić information content (AvgIpc) is 3.42. The largest absolute Gasteiger partial charge is 0.466 e. The molecule has 3 heterocycles. The molecule has 3 saturated heterocycles. The number of aryl methyl sites for hydroxylation is 1. The Bertz CT molecular complexity index is 1080. The summed E-state index contributed by atoms with van der Waals surface area (Å²) in [6.45, 7) is 11.1. The van der Waals surface area contributed by atoms with Crippen molar-refractivity contribution < 1.29 is 29.0 Å². The van der Waals surface area contributed by atoms with Crippen molar-refractivity contribution in [2.75, 3.05) is 24.7 Å². The number of esters is 1. The molecule has 3 unspecified atom stereocenters. The molecule has 1 aromatic rings. The summed E-state index contributed by atoms with van der Waals surface area (Å²) in [5, 5.41) is 10.8. The Hall–Kier alpha value is -1.94. The lowest BCUT2D eigenvalue weighted by molar-refractivity contribution is -0.155. The summed E-state index contributed by atoms with van der Waals surface area (Å²) in [6.07, 6.45) is 1.35. The SMILES string of the molecule is C=CCN(C(=O)C1N([C@@H](CO)C(C)C)C(=O)[C@@H]2[C@@H](C(=O)OCC)[C@@H]3OC12CC3Br)c1c(C)cccc1Cl. The summed E-state index contributed by atoms with van der Waals surface area (Å²) in [7, 11) is 0. The highest BCUT2D eigenvalue weighted by molar-refractivity contribution is 9.09. The van der Waals surface area contributed by atoms with Crippen molar-refractivity contribution in [3.05, 3.63) is 41.4 Å². The zero-order chi connectivity index (χ0) is 27.2. The van der Waals surface area contributed by atoms with Gasteiger partial charge in [0, 0.05) is 11.4 Å². The second kappa shape index (κ2) is 10.7. The van der Waals surface area contributed by atoms with Gasteiger partial charge in [0.05, 0.1) is 47.9 Å². The van der Waals surface area contributed by atoms with Crippen molar-refractivity contribution in [3.63, 3.8) is 0 Å². The minimum Gasteiger partial charge on any atom is -0.466 e. The van der Waals surface area contributed by atoms with Crippen molar-refractivity contribution >= 4 is 51.0 Å². The highest BCUT2D eigenvalue weighted by Crippen LogP contribution is 2.61. The number of rotatable bonds is 9. The first-order valence-corrected chi connectivity index (χ1v) is 13.9. The van der Waals surface area contributed by atoms with Gasteiger partial charge in [-0.05, 0) is 37.8 Å². The molecule has 0 aromatic heterocycles. The van der Waals surface area contributed by atoms with Gasteiger partial charge >= 0.3 is 5.97 Å². The van der Waals surface area contributed by atoms with Crippen LogP contribution in [0.25, 0.3) is 0 Å². The second-order valence-corrected chi connectivity index (χ2v) is 11.9. The topological polar surface area (TPSA) is 96.4 Å². The molecular weight excluding hydrogens is 564 g/mol. The van der Waals surface area contributed by atoms with Gasteiger partial charge in [0.1, 0.15) is 11.6 Å². The molecule has 7 atom stereocenters.